The maximum absolute atomic E-state index is 13.7. The topological polar surface area (TPSA) is 119 Å². The SMILES string of the molecule is CCN1CCN(c2ccc(CC(=O)n3ccc4c(-c5cnc(N)nc5)nc(N5CCOCC5)nc43)c(C)c2)CC1. The second kappa shape index (κ2) is 11.2. The summed E-state index contributed by atoms with van der Waals surface area (Å²) in [6, 6.07) is 8.32. The van der Waals surface area contributed by atoms with E-state index in [9.17, 15) is 4.79 Å². The number of likely N-dealkylation sites (N-methyl/N-ethyl adjacent to an activating group) is 1. The van der Waals surface area contributed by atoms with Crippen LogP contribution >= 0.6 is 0 Å². The minimum Gasteiger partial charge on any atom is -0.378 e. The van der Waals surface area contributed by atoms with Gasteiger partial charge in [-0.1, -0.05) is 13.0 Å². The lowest BCUT2D eigenvalue weighted by molar-refractivity contribution is 0.0918. The first-order valence-corrected chi connectivity index (χ1v) is 13.9. The molecule has 40 heavy (non-hydrogen) atoms. The number of anilines is 3. The molecule has 11 nitrogen and oxygen atoms in total. The zero-order valence-electron chi connectivity index (χ0n) is 23.1. The number of benzene rings is 1. The molecule has 0 radical (unpaired) electrons. The van der Waals surface area contributed by atoms with Crippen molar-refractivity contribution < 1.29 is 9.53 Å². The van der Waals surface area contributed by atoms with Gasteiger partial charge in [-0.2, -0.15) is 4.98 Å². The van der Waals surface area contributed by atoms with Crippen molar-refractivity contribution in [2.45, 2.75) is 20.3 Å². The van der Waals surface area contributed by atoms with Crippen LogP contribution in [0.3, 0.4) is 0 Å². The minimum absolute atomic E-state index is 0.0476. The Morgan fingerprint density at radius 2 is 1.73 bits per heavy atom. The molecule has 2 fully saturated rings. The largest absolute Gasteiger partial charge is 0.378 e. The molecule has 0 atom stereocenters. The Labute approximate surface area is 233 Å². The quantitative estimate of drug-likeness (QED) is 0.390. The molecule has 208 valence electrons. The fraction of sp³-hybridized carbons (Fsp3) is 0.414. The average Bonchev–Trinajstić information content (AvgIpc) is 3.43. The van der Waals surface area contributed by atoms with Gasteiger partial charge < -0.3 is 25.2 Å². The molecule has 0 bridgehead atoms. The molecular weight excluding hydrogens is 506 g/mol. The number of ether oxygens (including phenoxy) is 1. The molecule has 4 aromatic rings. The predicted octanol–water partition coefficient (Wildman–Crippen LogP) is 2.64. The molecule has 2 aliphatic rings. The van der Waals surface area contributed by atoms with Gasteiger partial charge in [-0.05, 0) is 42.8 Å². The Morgan fingerprint density at radius 3 is 2.42 bits per heavy atom. The number of carbonyl (C=O) groups excluding carboxylic acids is 1. The van der Waals surface area contributed by atoms with Gasteiger partial charge >= 0.3 is 0 Å². The predicted molar refractivity (Wildman–Crippen MR) is 156 cm³/mol. The molecule has 2 aliphatic heterocycles. The molecule has 0 unspecified atom stereocenters. The van der Waals surface area contributed by atoms with Crippen molar-refractivity contribution in [3.05, 3.63) is 54.0 Å². The molecule has 11 heteroatoms. The van der Waals surface area contributed by atoms with Gasteiger partial charge in [0.15, 0.2) is 5.65 Å². The van der Waals surface area contributed by atoms with Gasteiger partial charge in [0.25, 0.3) is 0 Å². The number of hydrogen-bond donors (Lipinski definition) is 1. The highest BCUT2D eigenvalue weighted by Crippen LogP contribution is 2.30. The Kier molecular flexibility index (Phi) is 7.31. The molecule has 0 aliphatic carbocycles. The molecule has 5 heterocycles. The first kappa shape index (κ1) is 26.1. The molecule has 0 amide bonds. The van der Waals surface area contributed by atoms with Crippen molar-refractivity contribution in [3.63, 3.8) is 0 Å². The van der Waals surface area contributed by atoms with E-state index in [0.29, 0.717) is 49.2 Å². The van der Waals surface area contributed by atoms with Gasteiger partial charge in [0, 0.05) is 74.5 Å². The van der Waals surface area contributed by atoms with Gasteiger partial charge in [-0.25, -0.2) is 15.0 Å². The van der Waals surface area contributed by atoms with Crippen LogP contribution in [0.4, 0.5) is 17.6 Å². The van der Waals surface area contributed by atoms with Gasteiger partial charge in [0.2, 0.25) is 17.8 Å². The number of morpholine rings is 1. The second-order valence-electron chi connectivity index (χ2n) is 10.3. The smallest absolute Gasteiger partial charge is 0.236 e. The number of aromatic nitrogens is 5. The summed E-state index contributed by atoms with van der Waals surface area (Å²) in [5.41, 5.74) is 11.0. The van der Waals surface area contributed by atoms with Crippen LogP contribution in [0.15, 0.2) is 42.9 Å². The second-order valence-corrected chi connectivity index (χ2v) is 10.3. The lowest BCUT2D eigenvalue weighted by Gasteiger charge is -2.35. The summed E-state index contributed by atoms with van der Waals surface area (Å²) in [7, 11) is 0. The van der Waals surface area contributed by atoms with Gasteiger partial charge in [0.1, 0.15) is 0 Å². The fourth-order valence-electron chi connectivity index (χ4n) is 5.43. The number of fused-ring (bicyclic) bond motifs is 1. The van der Waals surface area contributed by atoms with Crippen molar-refractivity contribution in [1.82, 2.24) is 29.4 Å². The third-order valence-corrected chi connectivity index (χ3v) is 7.89. The number of nitrogens with zero attached hydrogens (tertiary/aromatic N) is 8. The number of rotatable bonds is 6. The van der Waals surface area contributed by atoms with Gasteiger partial charge in [-0.15, -0.1) is 0 Å². The highest BCUT2D eigenvalue weighted by molar-refractivity contribution is 5.98. The van der Waals surface area contributed by atoms with E-state index in [2.05, 4.69) is 56.7 Å². The van der Waals surface area contributed by atoms with E-state index in [1.807, 2.05) is 6.07 Å². The number of nitrogen functional groups attached to an aromatic ring is 1. The lowest BCUT2D eigenvalue weighted by Crippen LogP contribution is -2.46. The number of nitrogens with two attached hydrogens (primary N) is 1. The van der Waals surface area contributed by atoms with Crippen molar-refractivity contribution in [2.75, 3.05) is 74.6 Å². The van der Waals surface area contributed by atoms with E-state index in [1.165, 1.54) is 5.69 Å². The van der Waals surface area contributed by atoms with E-state index >= 15 is 0 Å². The lowest BCUT2D eigenvalue weighted by atomic mass is 10.0. The summed E-state index contributed by atoms with van der Waals surface area (Å²) < 4.78 is 7.16. The van der Waals surface area contributed by atoms with Crippen molar-refractivity contribution in [3.8, 4) is 11.3 Å². The third-order valence-electron chi connectivity index (χ3n) is 7.89. The summed E-state index contributed by atoms with van der Waals surface area (Å²) in [5.74, 6) is 0.701. The average molecular weight is 542 g/mol. The Morgan fingerprint density at radius 1 is 0.975 bits per heavy atom. The number of aryl methyl sites for hydroxylation is 1. The Hall–Kier alpha value is -4.09. The molecule has 6 rings (SSSR count). The monoisotopic (exact) mass is 541 g/mol. The first-order chi connectivity index (χ1) is 19.5. The number of piperazine rings is 1. The van der Waals surface area contributed by atoms with Crippen molar-refractivity contribution >= 4 is 34.5 Å². The minimum atomic E-state index is -0.0476. The number of hydrogen-bond acceptors (Lipinski definition) is 10. The Bertz CT molecular complexity index is 1500. The molecule has 2 N–H and O–H groups in total. The highest BCUT2D eigenvalue weighted by Gasteiger charge is 2.22. The first-order valence-electron chi connectivity index (χ1n) is 13.9. The van der Waals surface area contributed by atoms with E-state index in [1.54, 1.807) is 23.2 Å². The molecule has 2 saturated heterocycles. The highest BCUT2D eigenvalue weighted by atomic mass is 16.5. The Balaban J connectivity index is 1.30. The molecule has 0 saturated carbocycles. The number of carbonyl (C=O) groups is 1. The molecular formula is C29H35N9O2. The molecule has 3 aromatic heterocycles. The van der Waals surface area contributed by atoms with E-state index in [0.717, 1.165) is 49.2 Å². The zero-order valence-corrected chi connectivity index (χ0v) is 23.1. The van der Waals surface area contributed by atoms with Crippen LogP contribution in [0.1, 0.15) is 22.8 Å². The van der Waals surface area contributed by atoms with Crippen LogP contribution < -0.4 is 15.5 Å². The van der Waals surface area contributed by atoms with Gasteiger partial charge in [-0.3, -0.25) is 9.36 Å². The molecule has 0 spiro atoms. The maximum Gasteiger partial charge on any atom is 0.236 e. The van der Waals surface area contributed by atoms with Crippen LogP contribution in [0.5, 0.6) is 0 Å². The van der Waals surface area contributed by atoms with Crippen LogP contribution in [0.2, 0.25) is 0 Å². The van der Waals surface area contributed by atoms with Crippen LogP contribution in [0, 0.1) is 6.92 Å². The van der Waals surface area contributed by atoms with Gasteiger partial charge in [0.05, 0.1) is 25.3 Å². The standard InChI is InChI=1S/C29H35N9O2/c1-3-35-8-10-36(11-9-35)23-5-4-21(20(2)16-23)17-25(39)38-7-6-24-26(22-18-31-28(30)32-19-22)33-29(34-27(24)38)37-12-14-40-15-13-37/h4-7,16,18-19H,3,8-15,17H2,1-2H3,(H2,30,31,32). The normalized spacial score (nSPS) is 16.6. The summed E-state index contributed by atoms with van der Waals surface area (Å²) in [6.45, 7) is 12.1. The summed E-state index contributed by atoms with van der Waals surface area (Å²) in [5, 5.41) is 0.761. The third kappa shape index (κ3) is 5.22. The van der Waals surface area contributed by atoms with E-state index in [4.69, 9.17) is 20.4 Å². The molecule has 1 aromatic carbocycles. The van der Waals surface area contributed by atoms with Crippen LogP contribution in [-0.2, 0) is 11.2 Å². The summed E-state index contributed by atoms with van der Waals surface area (Å²) in [6.07, 6.45) is 5.36. The summed E-state index contributed by atoms with van der Waals surface area (Å²) >= 11 is 0. The van der Waals surface area contributed by atoms with Crippen molar-refractivity contribution in [1.29, 1.82) is 0 Å². The van der Waals surface area contributed by atoms with E-state index in [-0.39, 0.29) is 18.3 Å². The summed E-state index contributed by atoms with van der Waals surface area (Å²) in [4.78, 5) is 38.7. The van der Waals surface area contributed by atoms with Crippen LogP contribution in [0.25, 0.3) is 22.3 Å². The van der Waals surface area contributed by atoms with Crippen LogP contribution in [-0.4, -0.2) is 94.3 Å². The van der Waals surface area contributed by atoms with E-state index < -0.39 is 0 Å². The fourth-order valence-corrected chi connectivity index (χ4v) is 5.43. The maximum atomic E-state index is 13.7. The zero-order chi connectivity index (χ0) is 27.6. The van der Waals surface area contributed by atoms with Crippen molar-refractivity contribution in [2.24, 2.45) is 0 Å².